The van der Waals surface area contributed by atoms with Crippen LogP contribution in [0.3, 0.4) is 0 Å². The number of hydrogen-bond acceptors (Lipinski definition) is 7. The van der Waals surface area contributed by atoms with Crippen LogP contribution in [0.15, 0.2) is 5.16 Å². The van der Waals surface area contributed by atoms with Gasteiger partial charge in [-0.25, -0.2) is 0 Å². The number of aromatic nitrogens is 3. The molecule has 21 heavy (non-hydrogen) atoms. The van der Waals surface area contributed by atoms with Gasteiger partial charge in [-0.1, -0.05) is 11.8 Å². The Morgan fingerprint density at radius 2 is 2.00 bits per heavy atom. The predicted octanol–water partition coefficient (Wildman–Crippen LogP) is -0.820. The molecule has 116 valence electrons. The zero-order valence-corrected chi connectivity index (χ0v) is 12.8. The topological polar surface area (TPSA) is 115 Å². The second-order valence-electron chi connectivity index (χ2n) is 3.96. The van der Waals surface area contributed by atoms with E-state index in [0.717, 1.165) is 11.8 Å². The second-order valence-corrected chi connectivity index (χ2v) is 4.90. The molecule has 10 heteroatoms. The van der Waals surface area contributed by atoms with Crippen molar-refractivity contribution in [3.05, 3.63) is 5.82 Å². The van der Waals surface area contributed by atoms with Crippen LogP contribution < -0.4 is 10.9 Å². The van der Waals surface area contributed by atoms with Crippen LogP contribution in [0.4, 0.5) is 0 Å². The molecule has 0 bridgehead atoms. The van der Waals surface area contributed by atoms with Crippen LogP contribution in [0, 0.1) is 0 Å². The number of hydrogen-bond donors (Lipinski definition) is 2. The molecule has 0 fully saturated rings. The molecule has 0 aliphatic rings. The monoisotopic (exact) mass is 315 g/mol. The van der Waals surface area contributed by atoms with Gasteiger partial charge in [0.1, 0.15) is 12.2 Å². The van der Waals surface area contributed by atoms with Crippen molar-refractivity contribution in [1.82, 2.24) is 25.6 Å². The Morgan fingerprint density at radius 3 is 2.62 bits per heavy atom. The zero-order valence-electron chi connectivity index (χ0n) is 12.0. The van der Waals surface area contributed by atoms with Gasteiger partial charge in [-0.15, -0.1) is 10.2 Å². The van der Waals surface area contributed by atoms with E-state index in [2.05, 4.69) is 21.0 Å². The summed E-state index contributed by atoms with van der Waals surface area (Å²) in [6.07, 6.45) is 0.0238. The predicted molar refractivity (Wildman–Crippen MR) is 74.0 cm³/mol. The van der Waals surface area contributed by atoms with Gasteiger partial charge in [0.05, 0.1) is 12.4 Å². The van der Waals surface area contributed by atoms with Crippen molar-refractivity contribution in [3.63, 3.8) is 0 Å². The molecule has 2 amide bonds. The van der Waals surface area contributed by atoms with Crippen molar-refractivity contribution in [2.24, 2.45) is 7.05 Å². The first-order chi connectivity index (χ1) is 9.93. The number of thioether (sulfide) groups is 1. The number of carbonyl (C=O) groups is 3. The number of hydrazine groups is 1. The van der Waals surface area contributed by atoms with E-state index in [9.17, 15) is 14.4 Å². The van der Waals surface area contributed by atoms with Crippen molar-refractivity contribution >= 4 is 29.5 Å². The highest BCUT2D eigenvalue weighted by Gasteiger charge is 2.14. The quantitative estimate of drug-likeness (QED) is 0.400. The van der Waals surface area contributed by atoms with Crippen molar-refractivity contribution in [3.8, 4) is 0 Å². The third-order valence-corrected chi connectivity index (χ3v) is 3.26. The van der Waals surface area contributed by atoms with Gasteiger partial charge in [-0.3, -0.25) is 25.2 Å². The van der Waals surface area contributed by atoms with E-state index < -0.39 is 0 Å². The van der Waals surface area contributed by atoms with Gasteiger partial charge in [-0.05, 0) is 6.92 Å². The first-order valence-electron chi connectivity index (χ1n) is 6.16. The van der Waals surface area contributed by atoms with Crippen molar-refractivity contribution in [2.45, 2.75) is 25.4 Å². The van der Waals surface area contributed by atoms with Crippen LogP contribution >= 0.6 is 11.8 Å². The van der Waals surface area contributed by atoms with Crippen molar-refractivity contribution in [1.29, 1.82) is 0 Å². The van der Waals surface area contributed by atoms with E-state index in [1.165, 1.54) is 6.92 Å². The first kappa shape index (κ1) is 17.0. The Morgan fingerprint density at radius 1 is 1.29 bits per heavy atom. The molecule has 0 atom stereocenters. The molecule has 1 heterocycles. The Balaban J connectivity index is 2.50. The molecule has 0 unspecified atom stereocenters. The van der Waals surface area contributed by atoms with Crippen molar-refractivity contribution in [2.75, 3.05) is 12.4 Å². The Kier molecular flexibility index (Phi) is 6.66. The van der Waals surface area contributed by atoms with Gasteiger partial charge in [0.2, 0.25) is 11.8 Å². The molecular formula is C11H17N5O4S. The van der Waals surface area contributed by atoms with Crippen LogP contribution in [-0.2, 0) is 32.6 Å². The van der Waals surface area contributed by atoms with Gasteiger partial charge in [-0.2, -0.15) is 0 Å². The smallest absolute Gasteiger partial charge is 0.313 e. The summed E-state index contributed by atoms with van der Waals surface area (Å²) in [5, 5.41) is 8.27. The highest BCUT2D eigenvalue weighted by atomic mass is 32.2. The number of esters is 1. The van der Waals surface area contributed by atoms with Gasteiger partial charge < -0.3 is 9.30 Å². The van der Waals surface area contributed by atoms with E-state index in [1.54, 1.807) is 18.5 Å². The molecule has 1 aromatic rings. The summed E-state index contributed by atoms with van der Waals surface area (Å²) in [4.78, 5) is 33.4. The lowest BCUT2D eigenvalue weighted by molar-refractivity contribution is -0.142. The van der Waals surface area contributed by atoms with Crippen LogP contribution in [0.2, 0.25) is 0 Å². The van der Waals surface area contributed by atoms with Gasteiger partial charge >= 0.3 is 5.97 Å². The lowest BCUT2D eigenvalue weighted by atomic mass is 10.4. The number of nitrogens with zero attached hydrogens (tertiary/aromatic N) is 3. The van der Waals surface area contributed by atoms with Crippen LogP contribution in [-0.4, -0.2) is 44.9 Å². The minimum absolute atomic E-state index is 0.0238. The number of amides is 2. The molecule has 0 aromatic carbocycles. The van der Waals surface area contributed by atoms with Crippen molar-refractivity contribution < 1.29 is 19.1 Å². The van der Waals surface area contributed by atoms with E-state index in [1.807, 2.05) is 0 Å². The number of ether oxygens (including phenoxy) is 1. The molecule has 0 aliphatic carbocycles. The summed E-state index contributed by atoms with van der Waals surface area (Å²) in [5.74, 6) is -0.592. The minimum atomic E-state index is -0.382. The summed E-state index contributed by atoms with van der Waals surface area (Å²) >= 11 is 1.14. The molecule has 0 spiro atoms. The number of rotatable bonds is 6. The van der Waals surface area contributed by atoms with Gasteiger partial charge in [0.25, 0.3) is 0 Å². The third-order valence-electron chi connectivity index (χ3n) is 2.24. The minimum Gasteiger partial charge on any atom is -0.466 e. The molecule has 1 aromatic heterocycles. The van der Waals surface area contributed by atoms with Crippen LogP contribution in [0.5, 0.6) is 0 Å². The Bertz CT molecular complexity index is 531. The molecule has 9 nitrogen and oxygen atoms in total. The van der Waals surface area contributed by atoms with Gasteiger partial charge in [0.15, 0.2) is 5.16 Å². The third kappa shape index (κ3) is 5.81. The SMILES string of the molecule is CCOC(=O)Cc1nnc(SCC(=O)NNC(C)=O)n1C. The largest absolute Gasteiger partial charge is 0.466 e. The van der Waals surface area contributed by atoms with Gasteiger partial charge in [0, 0.05) is 14.0 Å². The maximum Gasteiger partial charge on any atom is 0.313 e. The molecular weight excluding hydrogens is 298 g/mol. The molecule has 2 N–H and O–H groups in total. The fraction of sp³-hybridized carbons (Fsp3) is 0.545. The Labute approximate surface area is 125 Å². The molecule has 0 aliphatic heterocycles. The summed E-state index contributed by atoms with van der Waals surface area (Å²) in [6, 6.07) is 0. The highest BCUT2D eigenvalue weighted by Crippen LogP contribution is 2.15. The summed E-state index contributed by atoms with van der Waals surface area (Å²) < 4.78 is 6.45. The summed E-state index contributed by atoms with van der Waals surface area (Å²) in [5.41, 5.74) is 4.42. The number of carbonyl (C=O) groups excluding carboxylic acids is 3. The van der Waals surface area contributed by atoms with E-state index in [-0.39, 0.29) is 30.0 Å². The average molecular weight is 315 g/mol. The normalized spacial score (nSPS) is 10.0. The summed E-state index contributed by atoms with van der Waals surface area (Å²) in [7, 11) is 1.70. The lowest BCUT2D eigenvalue weighted by Gasteiger charge is -2.05. The second kappa shape index (κ2) is 8.25. The molecule has 0 saturated heterocycles. The summed E-state index contributed by atoms with van der Waals surface area (Å²) in [6.45, 7) is 3.32. The lowest BCUT2D eigenvalue weighted by Crippen LogP contribution is -2.41. The van der Waals surface area contributed by atoms with Crippen LogP contribution in [0.1, 0.15) is 19.7 Å². The maximum absolute atomic E-state index is 11.4. The number of nitrogens with one attached hydrogen (secondary N) is 2. The van der Waals surface area contributed by atoms with E-state index in [4.69, 9.17) is 4.74 Å². The zero-order chi connectivity index (χ0) is 15.8. The Hall–Kier alpha value is -2.10. The maximum atomic E-state index is 11.4. The molecule has 0 radical (unpaired) electrons. The highest BCUT2D eigenvalue weighted by molar-refractivity contribution is 7.99. The fourth-order valence-electron chi connectivity index (χ4n) is 1.29. The van der Waals surface area contributed by atoms with E-state index in [0.29, 0.717) is 17.6 Å². The fourth-order valence-corrected chi connectivity index (χ4v) is 2.02. The van der Waals surface area contributed by atoms with E-state index >= 15 is 0 Å². The molecule has 1 rings (SSSR count). The standard InChI is InChI=1S/C11H17N5O4S/c1-4-20-10(19)5-8-13-15-11(16(8)3)21-6-9(18)14-12-7(2)17/h4-6H2,1-3H3,(H,12,17)(H,14,18). The average Bonchev–Trinajstić information content (AvgIpc) is 2.75. The van der Waals surface area contributed by atoms with Crippen LogP contribution in [0.25, 0.3) is 0 Å². The first-order valence-corrected chi connectivity index (χ1v) is 7.14. The molecule has 0 saturated carbocycles.